The van der Waals surface area contributed by atoms with Crippen molar-refractivity contribution >= 4 is 11.6 Å². The molecule has 1 aromatic carbocycles. The van der Waals surface area contributed by atoms with Crippen LogP contribution in [-0.4, -0.2) is 40.2 Å². The van der Waals surface area contributed by atoms with Crippen LogP contribution in [0.4, 0.5) is 5.69 Å². The van der Waals surface area contributed by atoms with Crippen LogP contribution in [0, 0.1) is 25.7 Å². The summed E-state index contributed by atoms with van der Waals surface area (Å²) >= 11 is 0. The maximum Gasteiger partial charge on any atom is 0.225 e. The molecule has 2 aromatic rings. The van der Waals surface area contributed by atoms with Gasteiger partial charge in [-0.05, 0) is 37.8 Å². The molecule has 0 radical (unpaired) electrons. The number of nitrogens with zero attached hydrogens (tertiary/aromatic N) is 3. The van der Waals surface area contributed by atoms with Crippen molar-refractivity contribution in [3.05, 3.63) is 41.7 Å². The quantitative estimate of drug-likeness (QED) is 0.710. The van der Waals surface area contributed by atoms with Crippen LogP contribution in [0.5, 0.6) is 0 Å². The zero-order chi connectivity index (χ0) is 20.0. The Kier molecular flexibility index (Phi) is 7.60. The van der Waals surface area contributed by atoms with Crippen LogP contribution in [0.15, 0.2) is 30.3 Å². The number of rotatable bonds is 9. The molecule has 0 spiro atoms. The molecule has 1 N–H and O–H groups in total. The molecule has 0 bridgehead atoms. The average molecular weight is 371 g/mol. The molecule has 0 atom stereocenters. The molecular formula is C22H34N4O. The first-order valence-electron chi connectivity index (χ1n) is 9.91. The van der Waals surface area contributed by atoms with Gasteiger partial charge >= 0.3 is 0 Å². The lowest BCUT2D eigenvalue weighted by Gasteiger charge is -2.25. The van der Waals surface area contributed by atoms with Crippen molar-refractivity contribution in [3.63, 3.8) is 0 Å². The highest BCUT2D eigenvalue weighted by Crippen LogP contribution is 2.23. The molecule has 0 aliphatic heterocycles. The highest BCUT2D eigenvalue weighted by atomic mass is 16.1. The van der Waals surface area contributed by atoms with Gasteiger partial charge in [-0.1, -0.05) is 45.9 Å². The lowest BCUT2D eigenvalue weighted by atomic mass is 10.1. The van der Waals surface area contributed by atoms with Gasteiger partial charge in [-0.15, -0.1) is 0 Å². The minimum absolute atomic E-state index is 0.0475. The van der Waals surface area contributed by atoms with Gasteiger partial charge in [0.15, 0.2) is 0 Å². The molecule has 1 aromatic heterocycles. The summed E-state index contributed by atoms with van der Waals surface area (Å²) in [5.41, 5.74) is 3.61. The minimum atomic E-state index is 0.0475. The Morgan fingerprint density at radius 1 is 1.07 bits per heavy atom. The number of hydrogen-bond acceptors (Lipinski definition) is 3. The number of aryl methyl sites for hydroxylation is 1. The Morgan fingerprint density at radius 3 is 2.22 bits per heavy atom. The zero-order valence-electron chi connectivity index (χ0n) is 17.6. The van der Waals surface area contributed by atoms with E-state index in [0.717, 1.165) is 42.4 Å². The van der Waals surface area contributed by atoms with E-state index in [1.54, 1.807) is 0 Å². The second-order valence-corrected chi connectivity index (χ2v) is 8.14. The van der Waals surface area contributed by atoms with Crippen molar-refractivity contribution in [2.24, 2.45) is 11.8 Å². The third-order valence-corrected chi connectivity index (χ3v) is 4.46. The Hall–Kier alpha value is -2.14. The van der Waals surface area contributed by atoms with Gasteiger partial charge in [0.2, 0.25) is 5.91 Å². The molecule has 5 nitrogen and oxygen atoms in total. The first-order chi connectivity index (χ1) is 12.8. The van der Waals surface area contributed by atoms with Crippen LogP contribution in [0.25, 0.3) is 5.69 Å². The minimum Gasteiger partial charge on any atom is -0.323 e. The second kappa shape index (κ2) is 9.70. The number of amides is 1. The molecule has 0 aliphatic rings. The summed E-state index contributed by atoms with van der Waals surface area (Å²) < 4.78 is 1.88. The van der Waals surface area contributed by atoms with E-state index in [0.29, 0.717) is 18.3 Å². The van der Waals surface area contributed by atoms with Crippen LogP contribution >= 0.6 is 0 Å². The fourth-order valence-corrected chi connectivity index (χ4v) is 3.40. The highest BCUT2D eigenvalue weighted by Gasteiger charge is 2.16. The standard InChI is InChI=1S/C22H34N4O/c1-16(2)14-25(15-17(3)4)13-12-21(27)23-22-18(5)24-26(19(22)6)20-10-8-7-9-11-20/h7-11,16-17H,12-15H2,1-6H3,(H,23,27). The van der Waals surface area contributed by atoms with E-state index in [2.05, 4.69) is 43.0 Å². The van der Waals surface area contributed by atoms with Crippen molar-refractivity contribution in [1.82, 2.24) is 14.7 Å². The van der Waals surface area contributed by atoms with E-state index in [-0.39, 0.29) is 5.91 Å². The van der Waals surface area contributed by atoms with Gasteiger partial charge in [0.25, 0.3) is 0 Å². The summed E-state index contributed by atoms with van der Waals surface area (Å²) in [5.74, 6) is 1.24. The normalized spacial score (nSPS) is 11.6. The van der Waals surface area contributed by atoms with Crippen molar-refractivity contribution in [1.29, 1.82) is 0 Å². The lowest BCUT2D eigenvalue weighted by Crippen LogP contribution is -2.34. The third kappa shape index (κ3) is 6.21. The molecular weight excluding hydrogens is 336 g/mol. The van der Waals surface area contributed by atoms with Gasteiger partial charge < -0.3 is 10.2 Å². The number of hydrogen-bond donors (Lipinski definition) is 1. The first kappa shape index (κ1) is 21.2. The topological polar surface area (TPSA) is 50.2 Å². The number of carbonyl (C=O) groups excluding carboxylic acids is 1. The summed E-state index contributed by atoms with van der Waals surface area (Å²) in [7, 11) is 0. The molecule has 1 heterocycles. The molecule has 0 unspecified atom stereocenters. The van der Waals surface area contributed by atoms with Crippen molar-refractivity contribution < 1.29 is 4.79 Å². The van der Waals surface area contributed by atoms with Crippen LogP contribution in [-0.2, 0) is 4.79 Å². The number of para-hydroxylation sites is 1. The molecule has 148 valence electrons. The molecule has 1 amide bonds. The number of nitrogens with one attached hydrogen (secondary N) is 1. The zero-order valence-corrected chi connectivity index (χ0v) is 17.6. The molecule has 0 fully saturated rings. The van der Waals surface area contributed by atoms with E-state index < -0.39 is 0 Å². The van der Waals surface area contributed by atoms with Crippen molar-refractivity contribution in [2.45, 2.75) is 48.0 Å². The van der Waals surface area contributed by atoms with Crippen LogP contribution in [0.3, 0.4) is 0 Å². The third-order valence-electron chi connectivity index (χ3n) is 4.46. The summed E-state index contributed by atoms with van der Waals surface area (Å²) in [6, 6.07) is 9.99. The van der Waals surface area contributed by atoms with Gasteiger partial charge in [0.1, 0.15) is 0 Å². The summed E-state index contributed by atoms with van der Waals surface area (Å²) in [6.07, 6.45) is 0.495. The lowest BCUT2D eigenvalue weighted by molar-refractivity contribution is -0.116. The van der Waals surface area contributed by atoms with Crippen LogP contribution < -0.4 is 5.32 Å². The molecule has 0 aliphatic carbocycles. The van der Waals surface area contributed by atoms with Gasteiger partial charge in [0.05, 0.1) is 22.8 Å². The monoisotopic (exact) mass is 370 g/mol. The summed E-state index contributed by atoms with van der Waals surface area (Å²) in [6.45, 7) is 15.6. The maximum absolute atomic E-state index is 12.6. The smallest absolute Gasteiger partial charge is 0.225 e. The number of anilines is 1. The largest absolute Gasteiger partial charge is 0.323 e. The summed E-state index contributed by atoms with van der Waals surface area (Å²) in [4.78, 5) is 15.0. The van der Waals surface area contributed by atoms with Crippen LogP contribution in [0.2, 0.25) is 0 Å². The van der Waals surface area contributed by atoms with Gasteiger partial charge in [-0.25, -0.2) is 4.68 Å². The highest BCUT2D eigenvalue weighted by molar-refractivity contribution is 5.92. The molecule has 2 rings (SSSR count). The molecule has 5 heteroatoms. The fraction of sp³-hybridized carbons (Fsp3) is 0.545. The number of benzene rings is 1. The van der Waals surface area contributed by atoms with E-state index >= 15 is 0 Å². The fourth-order valence-electron chi connectivity index (χ4n) is 3.40. The SMILES string of the molecule is Cc1nn(-c2ccccc2)c(C)c1NC(=O)CCN(CC(C)C)CC(C)C. The number of carbonyl (C=O) groups is 1. The van der Waals surface area contributed by atoms with Gasteiger partial charge in [0, 0.05) is 26.1 Å². The predicted octanol–water partition coefficient (Wildman–Crippen LogP) is 4.43. The molecule has 0 saturated carbocycles. The number of aromatic nitrogens is 2. The van der Waals surface area contributed by atoms with Gasteiger partial charge in [-0.2, -0.15) is 5.10 Å². The maximum atomic E-state index is 12.6. The van der Waals surface area contributed by atoms with Crippen molar-refractivity contribution in [2.75, 3.05) is 25.0 Å². The average Bonchev–Trinajstić information content (AvgIpc) is 2.88. The van der Waals surface area contributed by atoms with Crippen LogP contribution in [0.1, 0.15) is 45.5 Å². The molecule has 27 heavy (non-hydrogen) atoms. The second-order valence-electron chi connectivity index (χ2n) is 8.14. The Labute approximate surface area is 163 Å². The van der Waals surface area contributed by atoms with E-state index in [4.69, 9.17) is 0 Å². The predicted molar refractivity (Wildman–Crippen MR) is 112 cm³/mol. The van der Waals surface area contributed by atoms with E-state index in [9.17, 15) is 4.79 Å². The van der Waals surface area contributed by atoms with E-state index in [1.807, 2.05) is 48.9 Å². The van der Waals surface area contributed by atoms with E-state index in [1.165, 1.54) is 0 Å². The summed E-state index contributed by atoms with van der Waals surface area (Å²) in [5, 5.41) is 7.68. The Balaban J connectivity index is 2.02. The Morgan fingerprint density at radius 2 is 1.67 bits per heavy atom. The van der Waals surface area contributed by atoms with Gasteiger partial charge in [-0.3, -0.25) is 4.79 Å². The Bertz CT molecular complexity index is 724. The molecule has 0 saturated heterocycles. The first-order valence-corrected chi connectivity index (χ1v) is 9.91. The van der Waals surface area contributed by atoms with Crippen molar-refractivity contribution in [3.8, 4) is 5.69 Å².